The molecule has 2 atom stereocenters. The molecule has 2 aromatic heterocycles. The van der Waals surface area contributed by atoms with Crippen LogP contribution >= 0.6 is 0 Å². The van der Waals surface area contributed by atoms with Crippen LogP contribution in [0.2, 0.25) is 0 Å². The van der Waals surface area contributed by atoms with Gasteiger partial charge in [0.15, 0.2) is 0 Å². The third kappa shape index (κ3) is 8.42. The van der Waals surface area contributed by atoms with Gasteiger partial charge >= 0.3 is 12.3 Å². The second kappa shape index (κ2) is 13.0. The van der Waals surface area contributed by atoms with E-state index in [1.54, 1.807) is 47.5 Å². The van der Waals surface area contributed by atoms with E-state index in [2.05, 4.69) is 20.3 Å². The highest BCUT2D eigenvalue weighted by molar-refractivity contribution is 5.77. The molecule has 43 heavy (non-hydrogen) atoms. The molecule has 4 rings (SSSR count). The zero-order chi connectivity index (χ0) is 31.4. The first-order chi connectivity index (χ1) is 20.2. The first kappa shape index (κ1) is 31.7. The number of primary amides is 1. The smallest absolute Gasteiger partial charge is 0.419 e. The maximum Gasteiger partial charge on any atom is 0.419 e. The average Bonchev–Trinajstić information content (AvgIpc) is 2.95. The van der Waals surface area contributed by atoms with E-state index in [-0.39, 0.29) is 30.1 Å². The fourth-order valence-corrected chi connectivity index (χ4v) is 5.07. The Hall–Kier alpha value is -4.22. The minimum atomic E-state index is -4.73. The highest BCUT2D eigenvalue weighted by atomic mass is 19.4. The van der Waals surface area contributed by atoms with E-state index in [1.165, 1.54) is 6.92 Å². The number of ether oxygens (including phenoxy) is 1. The molecule has 1 aliphatic rings. The Morgan fingerprint density at radius 1 is 1.05 bits per heavy atom. The van der Waals surface area contributed by atoms with Crippen molar-refractivity contribution in [3.8, 4) is 0 Å². The molecular formula is C31H37F3N6O3. The van der Waals surface area contributed by atoms with Crippen molar-refractivity contribution in [3.63, 3.8) is 0 Å². The number of anilines is 2. The van der Waals surface area contributed by atoms with Gasteiger partial charge in [-0.25, -0.2) is 14.8 Å². The topological polar surface area (TPSA) is 123 Å². The molecule has 230 valence electrons. The largest absolute Gasteiger partial charge is 0.444 e. The lowest BCUT2D eigenvalue weighted by Crippen LogP contribution is -2.41. The van der Waals surface area contributed by atoms with E-state index in [0.717, 1.165) is 30.3 Å². The van der Waals surface area contributed by atoms with Crippen LogP contribution in [0.4, 0.5) is 29.6 Å². The van der Waals surface area contributed by atoms with Gasteiger partial charge in [-0.15, -0.1) is 0 Å². The van der Waals surface area contributed by atoms with Gasteiger partial charge in [0.25, 0.3) is 0 Å². The Morgan fingerprint density at radius 3 is 2.28 bits per heavy atom. The van der Waals surface area contributed by atoms with Gasteiger partial charge in [-0.05, 0) is 57.7 Å². The number of hydrogen-bond acceptors (Lipinski definition) is 7. The summed E-state index contributed by atoms with van der Waals surface area (Å²) in [7, 11) is 0. The molecular weight excluding hydrogens is 561 g/mol. The number of rotatable bonds is 8. The summed E-state index contributed by atoms with van der Waals surface area (Å²) in [5, 5.41) is 2.95. The molecule has 0 aliphatic carbocycles. The number of likely N-dealkylation sites (tertiary alicyclic amines) is 1. The zero-order valence-electron chi connectivity index (χ0n) is 24.7. The van der Waals surface area contributed by atoms with Crippen LogP contribution in [0.1, 0.15) is 74.9 Å². The Bertz CT molecular complexity index is 1400. The highest BCUT2D eigenvalue weighted by Crippen LogP contribution is 2.38. The quantitative estimate of drug-likeness (QED) is 0.317. The number of alkyl halides is 3. The Morgan fingerprint density at radius 2 is 1.72 bits per heavy atom. The summed E-state index contributed by atoms with van der Waals surface area (Å²) in [4.78, 5) is 39.0. The molecule has 1 aromatic carbocycles. The van der Waals surface area contributed by atoms with Crippen molar-refractivity contribution in [2.75, 3.05) is 18.4 Å². The van der Waals surface area contributed by atoms with Gasteiger partial charge in [-0.2, -0.15) is 13.2 Å². The Balaban J connectivity index is 1.52. The number of nitrogens with zero attached hydrogens (tertiary/aromatic N) is 4. The number of halogens is 3. The number of nitrogens with two attached hydrogens (primary N) is 1. The molecule has 3 aromatic rings. The van der Waals surface area contributed by atoms with Crippen LogP contribution in [0.15, 0.2) is 54.9 Å². The minimum Gasteiger partial charge on any atom is -0.444 e. The van der Waals surface area contributed by atoms with Crippen LogP contribution in [-0.4, -0.2) is 50.5 Å². The minimum absolute atomic E-state index is 0.0575. The second-order valence-electron chi connectivity index (χ2n) is 11.8. The van der Waals surface area contributed by atoms with Crippen molar-refractivity contribution in [2.45, 2.75) is 70.6 Å². The summed E-state index contributed by atoms with van der Waals surface area (Å²) in [5.74, 6) is -2.49. The number of aromatic nitrogens is 3. The van der Waals surface area contributed by atoms with E-state index >= 15 is 0 Å². The van der Waals surface area contributed by atoms with Gasteiger partial charge in [-0.3, -0.25) is 9.78 Å². The van der Waals surface area contributed by atoms with Crippen molar-refractivity contribution in [1.29, 1.82) is 0 Å². The molecule has 2 amide bonds. The summed E-state index contributed by atoms with van der Waals surface area (Å²) >= 11 is 0. The summed E-state index contributed by atoms with van der Waals surface area (Å²) in [6.45, 7) is 8.11. The van der Waals surface area contributed by atoms with Crippen LogP contribution in [0, 0.1) is 5.92 Å². The number of pyridine rings is 1. The molecule has 1 fully saturated rings. The number of nitrogens with one attached hydrogen (secondary N) is 1. The molecule has 1 aliphatic heterocycles. The van der Waals surface area contributed by atoms with Crippen LogP contribution in [0.5, 0.6) is 0 Å². The molecule has 12 heteroatoms. The van der Waals surface area contributed by atoms with Gasteiger partial charge in [0, 0.05) is 42.7 Å². The number of amides is 2. The van der Waals surface area contributed by atoms with Crippen LogP contribution in [0.3, 0.4) is 0 Å². The maximum absolute atomic E-state index is 14.1. The third-order valence-electron chi connectivity index (χ3n) is 7.43. The van der Waals surface area contributed by atoms with Crippen LogP contribution in [0.25, 0.3) is 0 Å². The number of benzene rings is 1. The zero-order valence-corrected chi connectivity index (χ0v) is 24.7. The van der Waals surface area contributed by atoms with Crippen molar-refractivity contribution in [3.05, 3.63) is 77.4 Å². The predicted molar refractivity (Wildman–Crippen MR) is 156 cm³/mol. The maximum atomic E-state index is 14.1. The van der Waals surface area contributed by atoms with Crippen molar-refractivity contribution < 1.29 is 27.5 Å². The van der Waals surface area contributed by atoms with Crippen molar-refractivity contribution >= 4 is 23.6 Å². The van der Waals surface area contributed by atoms with Crippen LogP contribution < -0.4 is 11.1 Å². The van der Waals surface area contributed by atoms with Gasteiger partial charge in [0.1, 0.15) is 5.60 Å². The Labute approximate surface area is 249 Å². The van der Waals surface area contributed by atoms with Gasteiger partial charge in [0.2, 0.25) is 11.9 Å². The summed E-state index contributed by atoms with van der Waals surface area (Å²) in [6.07, 6.45) is -1.17. The fourth-order valence-electron chi connectivity index (χ4n) is 5.07. The molecule has 2 unspecified atom stereocenters. The lowest BCUT2D eigenvalue weighted by molar-refractivity contribution is -0.139. The molecule has 0 saturated carbocycles. The van der Waals surface area contributed by atoms with Gasteiger partial charge in [0.05, 0.1) is 23.1 Å². The number of carbonyl (C=O) groups is 2. The summed E-state index contributed by atoms with van der Waals surface area (Å²) in [6, 6.07) is 12.5. The normalized spacial score (nSPS) is 15.9. The SMILES string of the molecule is CC(C(N)=O)C(Cc1ccccc1)c1nc(Nc2ccc(C3CCN(C(=O)OC(C)(C)C)CC3)nc2)ncc1C(F)(F)F. The molecule has 0 spiro atoms. The van der Waals surface area contributed by atoms with Crippen molar-refractivity contribution in [2.24, 2.45) is 11.7 Å². The highest BCUT2D eigenvalue weighted by Gasteiger charge is 2.39. The van der Waals surface area contributed by atoms with Crippen LogP contribution in [-0.2, 0) is 22.1 Å². The van der Waals surface area contributed by atoms with E-state index < -0.39 is 35.1 Å². The van der Waals surface area contributed by atoms with E-state index in [4.69, 9.17) is 10.5 Å². The fraction of sp³-hybridized carbons (Fsp3) is 0.452. The van der Waals surface area contributed by atoms with Crippen molar-refractivity contribution in [1.82, 2.24) is 19.9 Å². The predicted octanol–water partition coefficient (Wildman–Crippen LogP) is 6.20. The average molecular weight is 599 g/mol. The van der Waals surface area contributed by atoms with Gasteiger partial charge in [-0.1, -0.05) is 37.3 Å². The molecule has 0 radical (unpaired) electrons. The van der Waals surface area contributed by atoms with Gasteiger partial charge < -0.3 is 20.7 Å². The molecule has 3 N–H and O–H groups in total. The van der Waals surface area contributed by atoms with E-state index in [9.17, 15) is 22.8 Å². The lowest BCUT2D eigenvalue weighted by atomic mass is 9.83. The lowest BCUT2D eigenvalue weighted by Gasteiger charge is -2.33. The molecule has 0 bridgehead atoms. The summed E-state index contributed by atoms with van der Waals surface area (Å²) in [5.41, 5.74) is 5.77. The number of piperidine rings is 1. The first-order valence-corrected chi connectivity index (χ1v) is 14.2. The number of hydrogen-bond donors (Lipinski definition) is 2. The first-order valence-electron chi connectivity index (χ1n) is 14.2. The Kier molecular flexibility index (Phi) is 9.56. The molecule has 3 heterocycles. The third-order valence-corrected chi connectivity index (χ3v) is 7.43. The second-order valence-corrected chi connectivity index (χ2v) is 11.8. The molecule has 1 saturated heterocycles. The van der Waals surface area contributed by atoms with E-state index in [1.807, 2.05) is 26.8 Å². The number of carbonyl (C=O) groups excluding carboxylic acids is 2. The standard InChI is InChI=1S/C31H37F3N6O3/c1-19(27(35)41)23(16-20-8-6-5-7-9-20)26-24(31(32,33)34)18-37-28(39-26)38-22-10-11-25(36-17-22)21-12-14-40(15-13-21)29(42)43-30(2,3)4/h5-11,17-19,21,23H,12-16H2,1-4H3,(H2,35,41)(H,37,38,39). The molecule has 9 nitrogen and oxygen atoms in total. The monoisotopic (exact) mass is 598 g/mol. The van der Waals surface area contributed by atoms with E-state index in [0.29, 0.717) is 18.8 Å². The summed E-state index contributed by atoms with van der Waals surface area (Å²) < 4.78 is 47.7.